The van der Waals surface area contributed by atoms with Crippen molar-refractivity contribution in [3.8, 4) is 0 Å². The molecule has 0 heterocycles. The Kier molecular flexibility index (Phi) is 8.56. The molecule has 170 valence electrons. The molecule has 2 rings (SSSR count). The average molecular weight is 462 g/mol. The maximum Gasteiger partial charge on any atom is 0.261 e. The Labute approximate surface area is 190 Å². The lowest BCUT2D eigenvalue weighted by molar-refractivity contribution is 0.334. The van der Waals surface area contributed by atoms with Crippen LogP contribution in [0.4, 0.5) is 4.39 Å². The molecular formula is C25H36FNO2SSi. The number of nitrogens with one attached hydrogen (secondary N) is 1. The van der Waals surface area contributed by atoms with Crippen LogP contribution in [-0.2, 0) is 15.4 Å². The highest BCUT2D eigenvalue weighted by atomic mass is 32.2. The summed E-state index contributed by atoms with van der Waals surface area (Å²) in [7, 11) is -4.05. The molecule has 0 aromatic heterocycles. The van der Waals surface area contributed by atoms with E-state index in [0.29, 0.717) is 0 Å². The number of rotatable bonds is 8. The number of hydrogen-bond acceptors (Lipinski definition) is 2. The molecule has 6 heteroatoms. The van der Waals surface area contributed by atoms with Crippen molar-refractivity contribution in [1.29, 1.82) is 0 Å². The van der Waals surface area contributed by atoms with Gasteiger partial charge >= 0.3 is 0 Å². The molecule has 0 bridgehead atoms. The summed E-state index contributed by atoms with van der Waals surface area (Å²) in [6, 6.07) is 19.9. The predicted molar refractivity (Wildman–Crippen MR) is 133 cm³/mol. The van der Waals surface area contributed by atoms with Gasteiger partial charge in [0.05, 0.1) is 28.4 Å². The minimum atomic E-state index is -2.70. The van der Waals surface area contributed by atoms with Crippen LogP contribution in [0.5, 0.6) is 0 Å². The molecule has 0 saturated heterocycles. The zero-order valence-corrected chi connectivity index (χ0v) is 21.6. The van der Waals surface area contributed by atoms with E-state index in [0.717, 1.165) is 10.4 Å². The normalized spacial score (nSPS) is 15.5. The van der Waals surface area contributed by atoms with E-state index in [9.17, 15) is 8.60 Å². The minimum Gasteiger partial charge on any atom is -0.404 e. The summed E-state index contributed by atoms with van der Waals surface area (Å²) < 4.78 is 36.2. The summed E-state index contributed by atoms with van der Waals surface area (Å²) in [4.78, 5) is 0. The lowest BCUT2D eigenvalue weighted by Gasteiger charge is -2.42. The third-order valence-electron chi connectivity index (χ3n) is 5.25. The van der Waals surface area contributed by atoms with Crippen LogP contribution in [-0.4, -0.2) is 29.9 Å². The second kappa shape index (κ2) is 10.3. The fourth-order valence-electron chi connectivity index (χ4n) is 3.58. The quantitative estimate of drug-likeness (QED) is 0.570. The van der Waals surface area contributed by atoms with Crippen LogP contribution in [0.15, 0.2) is 72.6 Å². The minimum absolute atomic E-state index is 0.146. The maximum atomic E-state index is 14.8. The van der Waals surface area contributed by atoms with E-state index in [-0.39, 0.29) is 17.5 Å². The summed E-state index contributed by atoms with van der Waals surface area (Å²) in [5.41, 5.74) is 0. The Balaban J connectivity index is 2.35. The van der Waals surface area contributed by atoms with Gasteiger partial charge in [0, 0.05) is 0 Å². The van der Waals surface area contributed by atoms with E-state index >= 15 is 0 Å². The molecule has 2 aromatic rings. The first-order valence-electron chi connectivity index (χ1n) is 10.7. The Morgan fingerprint density at radius 1 is 1.00 bits per heavy atom. The van der Waals surface area contributed by atoms with Crippen molar-refractivity contribution < 1.29 is 13.0 Å². The fourth-order valence-corrected chi connectivity index (χ4v) is 8.85. The standard InChI is InChI=1S/C25H36FNO2SSi/c1-20(27-30(28)24(2,3)4)23(26)18-19-29-31(25(5,6)7,21-14-10-8-11-15-21)22-16-12-9-13-17-22/h8-18,20,27H,19H2,1-7H3/b23-18-/t20-,30+/m0/s1. The first kappa shape index (κ1) is 25.7. The van der Waals surface area contributed by atoms with Crippen LogP contribution in [0.3, 0.4) is 0 Å². The summed E-state index contributed by atoms with van der Waals surface area (Å²) >= 11 is 0. The molecule has 0 aliphatic heterocycles. The molecule has 31 heavy (non-hydrogen) atoms. The molecule has 0 unspecified atom stereocenters. The fraction of sp³-hybridized carbons (Fsp3) is 0.440. The van der Waals surface area contributed by atoms with Crippen LogP contribution >= 0.6 is 0 Å². The van der Waals surface area contributed by atoms with Gasteiger partial charge in [-0.25, -0.2) is 13.3 Å². The third kappa shape index (κ3) is 6.22. The molecule has 2 aromatic carbocycles. The molecular weight excluding hydrogens is 425 g/mol. The molecule has 2 atom stereocenters. The highest BCUT2D eigenvalue weighted by molar-refractivity contribution is 7.84. The van der Waals surface area contributed by atoms with Gasteiger partial charge in [0.2, 0.25) is 0 Å². The van der Waals surface area contributed by atoms with Gasteiger partial charge in [-0.05, 0) is 49.2 Å². The van der Waals surface area contributed by atoms with Gasteiger partial charge in [-0.3, -0.25) is 0 Å². The van der Waals surface area contributed by atoms with Gasteiger partial charge in [0.25, 0.3) is 8.32 Å². The first-order chi connectivity index (χ1) is 14.4. The second-order valence-corrected chi connectivity index (χ2v) is 16.1. The molecule has 1 N–H and O–H groups in total. The predicted octanol–water partition coefficient (Wildman–Crippen LogP) is 4.86. The monoisotopic (exact) mass is 461 g/mol. The smallest absolute Gasteiger partial charge is 0.261 e. The van der Waals surface area contributed by atoms with Gasteiger partial charge in [-0.1, -0.05) is 81.4 Å². The highest BCUT2D eigenvalue weighted by Crippen LogP contribution is 2.36. The number of benzene rings is 2. The van der Waals surface area contributed by atoms with Crippen LogP contribution < -0.4 is 15.1 Å². The van der Waals surface area contributed by atoms with Crippen LogP contribution in [0, 0.1) is 0 Å². The summed E-state index contributed by atoms with van der Waals surface area (Å²) in [6.07, 6.45) is 1.47. The van der Waals surface area contributed by atoms with Crippen molar-refractivity contribution in [3.63, 3.8) is 0 Å². The summed E-state index contributed by atoms with van der Waals surface area (Å²) in [5, 5.41) is 2.14. The number of halogens is 1. The van der Waals surface area contributed by atoms with Crippen molar-refractivity contribution in [2.24, 2.45) is 0 Å². The van der Waals surface area contributed by atoms with Crippen LogP contribution in [0.25, 0.3) is 0 Å². The van der Waals surface area contributed by atoms with E-state index in [4.69, 9.17) is 4.43 Å². The Hall–Kier alpha value is -1.60. The highest BCUT2D eigenvalue weighted by Gasteiger charge is 2.49. The van der Waals surface area contributed by atoms with Gasteiger partial charge < -0.3 is 4.43 Å². The van der Waals surface area contributed by atoms with E-state index < -0.39 is 30.1 Å². The molecule has 0 fully saturated rings. The largest absolute Gasteiger partial charge is 0.404 e. The topological polar surface area (TPSA) is 38.3 Å². The maximum absolute atomic E-state index is 14.8. The van der Waals surface area contributed by atoms with Crippen LogP contribution in [0.1, 0.15) is 48.5 Å². The third-order valence-corrected chi connectivity index (χ3v) is 11.9. The number of hydrogen-bond donors (Lipinski definition) is 1. The Morgan fingerprint density at radius 3 is 1.84 bits per heavy atom. The molecule has 0 radical (unpaired) electrons. The first-order valence-corrected chi connectivity index (χ1v) is 13.7. The zero-order valence-electron chi connectivity index (χ0n) is 19.7. The van der Waals surface area contributed by atoms with E-state index in [1.54, 1.807) is 6.92 Å². The van der Waals surface area contributed by atoms with Gasteiger partial charge in [0.1, 0.15) is 5.83 Å². The molecule has 0 aliphatic carbocycles. The Morgan fingerprint density at radius 2 is 1.45 bits per heavy atom. The molecule has 3 nitrogen and oxygen atoms in total. The summed E-state index contributed by atoms with van der Waals surface area (Å²) in [5.74, 6) is -0.365. The van der Waals surface area contributed by atoms with Crippen molar-refractivity contribution in [2.45, 2.75) is 64.3 Å². The van der Waals surface area contributed by atoms with Crippen molar-refractivity contribution >= 4 is 29.7 Å². The van der Waals surface area contributed by atoms with Gasteiger partial charge in [-0.15, -0.1) is 0 Å². The van der Waals surface area contributed by atoms with Gasteiger partial charge in [0.15, 0.2) is 0 Å². The van der Waals surface area contributed by atoms with Gasteiger partial charge in [-0.2, -0.15) is 0 Å². The SMILES string of the molecule is C[C@H](N[S@](=O)C(C)(C)C)/C(F)=C/CO[Si](c1ccccc1)(c1ccccc1)C(C)(C)C. The van der Waals surface area contributed by atoms with Crippen molar-refractivity contribution in [2.75, 3.05) is 6.61 Å². The van der Waals surface area contributed by atoms with E-state index in [1.807, 2.05) is 57.2 Å². The second-order valence-electron chi connectivity index (χ2n) is 9.78. The van der Waals surface area contributed by atoms with Crippen molar-refractivity contribution in [1.82, 2.24) is 4.72 Å². The lowest BCUT2D eigenvalue weighted by atomic mass is 10.2. The van der Waals surface area contributed by atoms with E-state index in [1.165, 1.54) is 6.08 Å². The van der Waals surface area contributed by atoms with E-state index in [2.05, 4.69) is 49.8 Å². The Bertz CT molecular complexity index is 850. The summed E-state index contributed by atoms with van der Waals surface area (Å²) in [6.45, 7) is 14.0. The van der Waals surface area contributed by atoms with Crippen molar-refractivity contribution in [3.05, 3.63) is 72.6 Å². The molecule has 0 aliphatic rings. The average Bonchev–Trinajstić information content (AvgIpc) is 2.70. The zero-order chi connectivity index (χ0) is 23.3. The molecule has 0 amide bonds. The molecule has 0 spiro atoms. The van der Waals surface area contributed by atoms with Crippen LogP contribution in [0.2, 0.25) is 5.04 Å². The lowest BCUT2D eigenvalue weighted by Crippen LogP contribution is -2.66. The molecule has 0 saturated carbocycles.